The first-order valence-electron chi connectivity index (χ1n) is 18.0. The van der Waals surface area contributed by atoms with Crippen molar-refractivity contribution >= 4 is 67.7 Å². The van der Waals surface area contributed by atoms with Crippen molar-refractivity contribution in [3.63, 3.8) is 0 Å². The van der Waals surface area contributed by atoms with Crippen LogP contribution in [0.3, 0.4) is 0 Å². The SMILES string of the molecule is COC(=O)c1ccc(C(=O)O)cc1-c1c2cc(Cl)c(=O)c(CNc3cccc4ccc(CO)nc34)c-2oc2c(CNc3cccc4ccc(CO)nc34)c(O)ccc12. The van der Waals surface area contributed by atoms with Crippen molar-refractivity contribution in [2.45, 2.75) is 26.3 Å². The number of hydrogen-bond acceptors (Lipinski definition) is 12. The number of carboxylic acids is 1. The van der Waals surface area contributed by atoms with Crippen LogP contribution >= 0.6 is 11.6 Å². The summed E-state index contributed by atoms with van der Waals surface area (Å²) < 4.78 is 11.8. The van der Waals surface area contributed by atoms with E-state index in [0.717, 1.165) is 10.8 Å². The number of benzene rings is 5. The summed E-state index contributed by atoms with van der Waals surface area (Å²) in [4.78, 5) is 48.9. The molecule has 14 heteroatoms. The van der Waals surface area contributed by atoms with Gasteiger partial charge in [-0.15, -0.1) is 0 Å². The first-order valence-corrected chi connectivity index (χ1v) is 18.3. The number of hydrogen-bond donors (Lipinski definition) is 6. The second kappa shape index (κ2) is 15.5. The maximum absolute atomic E-state index is 14.0. The molecule has 2 aromatic heterocycles. The van der Waals surface area contributed by atoms with E-state index in [9.17, 15) is 34.8 Å². The van der Waals surface area contributed by atoms with Gasteiger partial charge in [-0.2, -0.15) is 0 Å². The van der Waals surface area contributed by atoms with Crippen molar-refractivity contribution in [1.82, 2.24) is 9.97 Å². The molecule has 0 fully saturated rings. The van der Waals surface area contributed by atoms with E-state index in [1.165, 1.54) is 37.4 Å². The molecule has 0 spiro atoms. The van der Waals surface area contributed by atoms with Gasteiger partial charge in [-0.05, 0) is 66.2 Å². The molecule has 0 bridgehead atoms. The standard InChI is InChI=1S/C44H33ClN4O9/c1-57-44(56)27-13-10-24(43(54)55)16-29(27)37-28-14-15-36(52)31(18-46-34-6-2-4-22-8-11-25(20-50)48-38(22)34)41(28)58-42-30(37)17-33(45)40(53)32(42)19-47-35-7-3-5-23-9-12-26(21-51)49-39(23)35/h2-17,46-47,50-52H,18-21H2,1H3,(H,54,55). The molecule has 0 amide bonds. The highest BCUT2D eigenvalue weighted by atomic mass is 35.5. The van der Waals surface area contributed by atoms with E-state index in [4.69, 9.17) is 20.8 Å². The molecular formula is C44H33ClN4O9. The van der Waals surface area contributed by atoms with Gasteiger partial charge in [0, 0.05) is 40.4 Å². The fourth-order valence-corrected chi connectivity index (χ4v) is 7.37. The van der Waals surface area contributed by atoms with E-state index in [-0.39, 0.29) is 81.8 Å². The van der Waals surface area contributed by atoms with Crippen molar-refractivity contribution < 1.29 is 39.2 Å². The predicted molar refractivity (Wildman–Crippen MR) is 220 cm³/mol. The Morgan fingerprint density at radius 2 is 1.40 bits per heavy atom. The van der Waals surface area contributed by atoms with Gasteiger partial charge in [0.15, 0.2) is 0 Å². The number of halogens is 1. The van der Waals surface area contributed by atoms with Crippen LogP contribution in [0.2, 0.25) is 5.02 Å². The van der Waals surface area contributed by atoms with E-state index in [1.807, 2.05) is 36.4 Å². The van der Waals surface area contributed by atoms with Crippen LogP contribution in [0.1, 0.15) is 43.2 Å². The number of ether oxygens (including phenoxy) is 1. The van der Waals surface area contributed by atoms with Crippen LogP contribution in [0.25, 0.3) is 55.2 Å². The molecule has 0 radical (unpaired) electrons. The Kier molecular flexibility index (Phi) is 10.1. The first-order chi connectivity index (χ1) is 28.1. The number of carbonyl (C=O) groups excluding carboxylic acids is 1. The molecule has 6 aromatic rings. The fourth-order valence-electron chi connectivity index (χ4n) is 7.15. The minimum Gasteiger partial charge on any atom is -0.507 e. The molecule has 8 rings (SSSR count). The summed E-state index contributed by atoms with van der Waals surface area (Å²) in [5.41, 5.74) is 3.74. The first kappa shape index (κ1) is 37.8. The normalized spacial score (nSPS) is 11.4. The van der Waals surface area contributed by atoms with Gasteiger partial charge in [-0.25, -0.2) is 19.6 Å². The predicted octanol–water partition coefficient (Wildman–Crippen LogP) is 7.71. The van der Waals surface area contributed by atoms with E-state index in [0.29, 0.717) is 44.7 Å². The number of aromatic carboxylic acids is 1. The van der Waals surface area contributed by atoms with E-state index < -0.39 is 17.4 Å². The number of nitrogens with zero attached hydrogens (tertiary/aromatic N) is 2. The van der Waals surface area contributed by atoms with Gasteiger partial charge in [0.25, 0.3) is 0 Å². The number of methoxy groups -OCH3 is 1. The molecule has 4 aromatic carbocycles. The Hall–Kier alpha value is -7.06. The summed E-state index contributed by atoms with van der Waals surface area (Å²) >= 11 is 6.70. The average molecular weight is 797 g/mol. The number of pyridine rings is 2. The maximum Gasteiger partial charge on any atom is 0.338 e. The van der Waals surface area contributed by atoms with Crippen molar-refractivity contribution in [3.8, 4) is 28.2 Å². The Morgan fingerprint density at radius 3 is 1.98 bits per heavy atom. The van der Waals surface area contributed by atoms with Crippen molar-refractivity contribution in [2.24, 2.45) is 0 Å². The van der Waals surface area contributed by atoms with Crippen molar-refractivity contribution in [1.29, 1.82) is 0 Å². The molecule has 3 heterocycles. The van der Waals surface area contributed by atoms with Crippen LogP contribution in [0.4, 0.5) is 11.4 Å². The quantitative estimate of drug-likeness (QED) is 0.0549. The third kappa shape index (κ3) is 6.77. The molecule has 1 aliphatic carbocycles. The number of anilines is 2. The summed E-state index contributed by atoms with van der Waals surface area (Å²) in [6.45, 7) is -0.691. The van der Waals surface area contributed by atoms with Crippen LogP contribution in [-0.4, -0.2) is 49.4 Å². The average Bonchev–Trinajstić information content (AvgIpc) is 3.24. The van der Waals surface area contributed by atoms with Gasteiger partial charge in [0.05, 0.1) is 81.4 Å². The summed E-state index contributed by atoms with van der Waals surface area (Å²) in [7, 11) is 1.21. The number of fused-ring (bicyclic) bond motifs is 4. The van der Waals surface area contributed by atoms with Gasteiger partial charge in [-0.3, -0.25) is 4.79 Å². The molecule has 290 valence electrons. The zero-order chi connectivity index (χ0) is 40.7. The number of phenolic OH excluding ortho intramolecular Hbond substituents is 1. The largest absolute Gasteiger partial charge is 0.507 e. The summed E-state index contributed by atoms with van der Waals surface area (Å²) in [6.07, 6.45) is 0. The van der Waals surface area contributed by atoms with Gasteiger partial charge in [0.1, 0.15) is 17.1 Å². The number of phenols is 1. The van der Waals surface area contributed by atoms with Crippen LogP contribution in [0.15, 0.2) is 106 Å². The number of rotatable bonds is 11. The zero-order valence-corrected chi connectivity index (χ0v) is 31.4. The van der Waals surface area contributed by atoms with Gasteiger partial charge < -0.3 is 40.2 Å². The lowest BCUT2D eigenvalue weighted by molar-refractivity contribution is 0.0599. The number of aromatic hydroxyl groups is 1. The second-order valence-electron chi connectivity index (χ2n) is 13.4. The molecule has 13 nitrogen and oxygen atoms in total. The Balaban J connectivity index is 1.37. The highest BCUT2D eigenvalue weighted by Gasteiger charge is 2.29. The molecule has 6 N–H and O–H groups in total. The maximum atomic E-state index is 14.0. The van der Waals surface area contributed by atoms with E-state index >= 15 is 0 Å². The van der Waals surface area contributed by atoms with E-state index in [2.05, 4.69) is 20.6 Å². The smallest absolute Gasteiger partial charge is 0.338 e. The minimum atomic E-state index is -1.25. The number of aliphatic hydroxyl groups excluding tert-OH is 2. The second-order valence-corrected chi connectivity index (χ2v) is 13.8. The Bertz CT molecular complexity index is 2980. The van der Waals surface area contributed by atoms with Gasteiger partial charge >= 0.3 is 11.9 Å². The highest BCUT2D eigenvalue weighted by Crippen LogP contribution is 2.46. The molecule has 0 atom stereocenters. The molecule has 0 saturated carbocycles. The molecular weight excluding hydrogens is 764 g/mol. The molecule has 2 aliphatic rings. The van der Waals surface area contributed by atoms with Crippen LogP contribution < -0.4 is 16.1 Å². The Morgan fingerprint density at radius 1 is 0.776 bits per heavy atom. The lowest BCUT2D eigenvalue weighted by Gasteiger charge is -2.22. The van der Waals surface area contributed by atoms with Crippen molar-refractivity contribution in [3.05, 3.63) is 146 Å². The summed E-state index contributed by atoms with van der Waals surface area (Å²) in [5, 5.41) is 49.5. The topological polar surface area (TPSA) is 204 Å². The summed E-state index contributed by atoms with van der Waals surface area (Å²) in [6, 6.07) is 26.5. The molecule has 1 aliphatic heterocycles. The van der Waals surface area contributed by atoms with Crippen LogP contribution in [-0.2, 0) is 31.0 Å². The van der Waals surface area contributed by atoms with Crippen LogP contribution in [0, 0.1) is 0 Å². The van der Waals surface area contributed by atoms with Gasteiger partial charge in [-0.1, -0.05) is 48.0 Å². The summed E-state index contributed by atoms with van der Waals surface area (Å²) in [5.74, 6) is -2.11. The Labute approximate surface area is 334 Å². The lowest BCUT2D eigenvalue weighted by Crippen LogP contribution is -2.17. The number of carbonyl (C=O) groups is 2. The number of esters is 1. The van der Waals surface area contributed by atoms with Crippen LogP contribution in [0.5, 0.6) is 5.75 Å². The minimum absolute atomic E-state index is 0.0267. The van der Waals surface area contributed by atoms with Crippen molar-refractivity contribution in [2.75, 3.05) is 17.7 Å². The number of nitrogens with one attached hydrogen (secondary N) is 2. The molecule has 58 heavy (non-hydrogen) atoms. The number of para-hydroxylation sites is 2. The monoisotopic (exact) mass is 796 g/mol. The number of aliphatic hydroxyl groups is 2. The highest BCUT2D eigenvalue weighted by molar-refractivity contribution is 6.31. The van der Waals surface area contributed by atoms with E-state index in [1.54, 1.807) is 30.3 Å². The zero-order valence-electron chi connectivity index (χ0n) is 30.7. The number of aromatic nitrogens is 2. The molecule has 0 saturated heterocycles. The third-order valence-corrected chi connectivity index (χ3v) is 10.3. The van der Waals surface area contributed by atoms with Gasteiger partial charge in [0.2, 0.25) is 5.43 Å². The lowest BCUT2D eigenvalue weighted by atomic mass is 9.87. The fraction of sp³-hybridized carbons (Fsp3) is 0.114. The third-order valence-electron chi connectivity index (χ3n) is 9.99. The molecule has 0 unspecified atom stereocenters. The number of carboxylic acid groups (broad SMARTS) is 1.